The number of rotatable bonds is 0. The molecule has 0 saturated heterocycles. The number of fused-ring (bicyclic) bond motifs is 1. The van der Waals surface area contributed by atoms with Crippen molar-refractivity contribution in [1.82, 2.24) is 0 Å². The van der Waals surface area contributed by atoms with Crippen LogP contribution in [0.15, 0.2) is 16.9 Å². The normalized spacial score (nSPS) is 16.5. The Bertz CT molecular complexity index is 172. The van der Waals surface area contributed by atoms with Crippen molar-refractivity contribution < 1.29 is 9.15 Å². The molecule has 1 aromatic heterocycles. The highest BCUT2D eigenvalue weighted by Gasteiger charge is 2.11. The SMILES string of the molecule is c1occ2c1COC2. The summed E-state index contributed by atoms with van der Waals surface area (Å²) in [6.07, 6.45) is 3.48. The van der Waals surface area contributed by atoms with Gasteiger partial charge in [0.15, 0.2) is 0 Å². The molecule has 0 aromatic carbocycles. The van der Waals surface area contributed by atoms with Gasteiger partial charge in [0.1, 0.15) is 0 Å². The lowest BCUT2D eigenvalue weighted by Gasteiger charge is -1.82. The second kappa shape index (κ2) is 1.36. The Morgan fingerprint density at radius 1 is 1.12 bits per heavy atom. The largest absolute Gasteiger partial charge is 0.472 e. The molecule has 0 N–H and O–H groups in total. The summed E-state index contributed by atoms with van der Waals surface area (Å²) in [5, 5.41) is 0. The first kappa shape index (κ1) is 4.15. The van der Waals surface area contributed by atoms with Crippen LogP contribution in [-0.2, 0) is 18.0 Å². The van der Waals surface area contributed by atoms with E-state index < -0.39 is 0 Å². The standard InChI is InChI=1S/C6H6O2/c1-5-2-8-4-6(5)3-7-1/h1,3H,2,4H2. The molecule has 2 heterocycles. The second-order valence-electron chi connectivity index (χ2n) is 1.92. The first-order valence-electron chi connectivity index (χ1n) is 2.58. The van der Waals surface area contributed by atoms with E-state index >= 15 is 0 Å². The number of hydrogen-bond donors (Lipinski definition) is 0. The van der Waals surface area contributed by atoms with Gasteiger partial charge in [-0.15, -0.1) is 0 Å². The minimum absolute atomic E-state index is 0.728. The second-order valence-corrected chi connectivity index (χ2v) is 1.92. The van der Waals surface area contributed by atoms with E-state index in [0.29, 0.717) is 0 Å². The fourth-order valence-electron chi connectivity index (χ4n) is 0.874. The zero-order chi connectivity index (χ0) is 5.40. The average molecular weight is 110 g/mol. The lowest BCUT2D eigenvalue weighted by atomic mass is 10.2. The quantitative estimate of drug-likeness (QED) is 0.502. The molecule has 0 unspecified atom stereocenters. The molecule has 8 heavy (non-hydrogen) atoms. The molecular weight excluding hydrogens is 104 g/mol. The van der Waals surface area contributed by atoms with Crippen LogP contribution in [0.3, 0.4) is 0 Å². The predicted molar refractivity (Wildman–Crippen MR) is 27.2 cm³/mol. The molecule has 0 spiro atoms. The molecule has 0 amide bonds. The van der Waals surface area contributed by atoms with Gasteiger partial charge in [0, 0.05) is 11.1 Å². The molecule has 0 aliphatic carbocycles. The highest BCUT2D eigenvalue weighted by Crippen LogP contribution is 2.19. The summed E-state index contributed by atoms with van der Waals surface area (Å²) < 4.78 is 10.0. The van der Waals surface area contributed by atoms with Gasteiger partial charge in [-0.3, -0.25) is 0 Å². The van der Waals surface area contributed by atoms with Crippen LogP contribution >= 0.6 is 0 Å². The van der Waals surface area contributed by atoms with Crippen molar-refractivity contribution in [3.05, 3.63) is 23.7 Å². The van der Waals surface area contributed by atoms with E-state index in [1.165, 1.54) is 11.1 Å². The highest BCUT2D eigenvalue weighted by atomic mass is 16.5. The number of furan rings is 1. The average Bonchev–Trinajstić information content (AvgIpc) is 2.15. The van der Waals surface area contributed by atoms with E-state index in [1.807, 2.05) is 0 Å². The van der Waals surface area contributed by atoms with Crippen LogP contribution in [0.25, 0.3) is 0 Å². The molecule has 2 nitrogen and oxygen atoms in total. The summed E-state index contributed by atoms with van der Waals surface area (Å²) in [6, 6.07) is 0. The molecule has 2 heteroatoms. The lowest BCUT2D eigenvalue weighted by molar-refractivity contribution is 0.131. The van der Waals surface area contributed by atoms with Gasteiger partial charge in [-0.05, 0) is 0 Å². The Morgan fingerprint density at radius 3 is 2.38 bits per heavy atom. The zero-order valence-corrected chi connectivity index (χ0v) is 4.39. The first-order valence-corrected chi connectivity index (χ1v) is 2.58. The predicted octanol–water partition coefficient (Wildman–Crippen LogP) is 1.31. The minimum atomic E-state index is 0.728. The molecule has 42 valence electrons. The van der Waals surface area contributed by atoms with Crippen molar-refractivity contribution in [1.29, 1.82) is 0 Å². The zero-order valence-electron chi connectivity index (χ0n) is 4.39. The van der Waals surface area contributed by atoms with Crippen molar-refractivity contribution >= 4 is 0 Å². The van der Waals surface area contributed by atoms with E-state index in [0.717, 1.165) is 13.2 Å². The van der Waals surface area contributed by atoms with Crippen molar-refractivity contribution in [3.63, 3.8) is 0 Å². The number of hydrogen-bond acceptors (Lipinski definition) is 2. The monoisotopic (exact) mass is 110 g/mol. The van der Waals surface area contributed by atoms with Crippen LogP contribution < -0.4 is 0 Å². The molecule has 0 atom stereocenters. The van der Waals surface area contributed by atoms with E-state index in [9.17, 15) is 0 Å². The van der Waals surface area contributed by atoms with Crippen molar-refractivity contribution in [2.75, 3.05) is 0 Å². The molecule has 0 saturated carbocycles. The fourth-order valence-corrected chi connectivity index (χ4v) is 0.874. The van der Waals surface area contributed by atoms with E-state index in [-0.39, 0.29) is 0 Å². The van der Waals surface area contributed by atoms with Gasteiger partial charge in [-0.1, -0.05) is 0 Å². The third kappa shape index (κ3) is 0.406. The summed E-state index contributed by atoms with van der Waals surface area (Å²) in [7, 11) is 0. The Balaban J connectivity index is 2.54. The van der Waals surface area contributed by atoms with Crippen molar-refractivity contribution in [2.45, 2.75) is 13.2 Å². The molecular formula is C6H6O2. The van der Waals surface area contributed by atoms with Crippen LogP contribution in [0.1, 0.15) is 11.1 Å². The maximum absolute atomic E-state index is 5.09. The van der Waals surface area contributed by atoms with Gasteiger partial charge in [0.05, 0.1) is 25.7 Å². The Morgan fingerprint density at radius 2 is 1.75 bits per heavy atom. The Labute approximate surface area is 47.1 Å². The van der Waals surface area contributed by atoms with Crippen LogP contribution in [0.2, 0.25) is 0 Å². The smallest absolute Gasteiger partial charge is 0.0961 e. The summed E-state index contributed by atoms with van der Waals surface area (Å²) in [5.74, 6) is 0. The minimum Gasteiger partial charge on any atom is -0.472 e. The van der Waals surface area contributed by atoms with Gasteiger partial charge >= 0.3 is 0 Å². The molecule has 0 radical (unpaired) electrons. The molecule has 1 aromatic rings. The first-order chi connectivity index (χ1) is 3.97. The van der Waals surface area contributed by atoms with E-state index in [4.69, 9.17) is 9.15 Å². The summed E-state index contributed by atoms with van der Waals surface area (Å²) in [6.45, 7) is 1.46. The van der Waals surface area contributed by atoms with Crippen LogP contribution in [0.4, 0.5) is 0 Å². The molecule has 1 aliphatic rings. The van der Waals surface area contributed by atoms with Gasteiger partial charge in [-0.25, -0.2) is 0 Å². The molecule has 0 fully saturated rings. The summed E-state index contributed by atoms with van der Waals surface area (Å²) in [4.78, 5) is 0. The topological polar surface area (TPSA) is 22.4 Å². The maximum atomic E-state index is 5.09. The van der Waals surface area contributed by atoms with E-state index in [1.54, 1.807) is 12.5 Å². The van der Waals surface area contributed by atoms with Crippen LogP contribution in [0, 0.1) is 0 Å². The lowest BCUT2D eigenvalue weighted by Crippen LogP contribution is -1.73. The van der Waals surface area contributed by atoms with Crippen molar-refractivity contribution in [3.8, 4) is 0 Å². The Hall–Kier alpha value is -0.760. The Kier molecular flexibility index (Phi) is 0.704. The highest BCUT2D eigenvalue weighted by molar-refractivity contribution is 5.21. The summed E-state index contributed by atoms with van der Waals surface area (Å²) >= 11 is 0. The maximum Gasteiger partial charge on any atom is 0.0961 e. The summed E-state index contributed by atoms with van der Waals surface area (Å²) in [5.41, 5.74) is 2.40. The molecule has 2 rings (SSSR count). The van der Waals surface area contributed by atoms with Gasteiger partial charge < -0.3 is 9.15 Å². The van der Waals surface area contributed by atoms with Gasteiger partial charge in [-0.2, -0.15) is 0 Å². The van der Waals surface area contributed by atoms with Gasteiger partial charge in [0.25, 0.3) is 0 Å². The molecule has 1 aliphatic heterocycles. The van der Waals surface area contributed by atoms with Gasteiger partial charge in [0.2, 0.25) is 0 Å². The van der Waals surface area contributed by atoms with Crippen LogP contribution in [0.5, 0.6) is 0 Å². The van der Waals surface area contributed by atoms with E-state index in [2.05, 4.69) is 0 Å². The fraction of sp³-hybridized carbons (Fsp3) is 0.333. The van der Waals surface area contributed by atoms with Crippen LogP contribution in [-0.4, -0.2) is 0 Å². The number of ether oxygens (including phenoxy) is 1. The third-order valence-electron chi connectivity index (χ3n) is 1.35. The third-order valence-corrected chi connectivity index (χ3v) is 1.35. The molecule has 0 bridgehead atoms. The van der Waals surface area contributed by atoms with Crippen molar-refractivity contribution in [2.24, 2.45) is 0 Å².